The van der Waals surface area contributed by atoms with Crippen molar-refractivity contribution in [3.63, 3.8) is 0 Å². The summed E-state index contributed by atoms with van der Waals surface area (Å²) in [6.07, 6.45) is 2.99. The van der Waals surface area contributed by atoms with Gasteiger partial charge in [0.15, 0.2) is 0 Å². The largest absolute Gasteiger partial charge is 0.478 e. The van der Waals surface area contributed by atoms with E-state index in [1.807, 2.05) is 0 Å². The van der Waals surface area contributed by atoms with E-state index < -0.39 is 10.9 Å². The number of carboxylic acid groups (broad SMARTS) is 1. The van der Waals surface area contributed by atoms with Crippen molar-refractivity contribution in [2.75, 3.05) is 0 Å². The quantitative estimate of drug-likeness (QED) is 0.660. The zero-order valence-corrected chi connectivity index (χ0v) is 9.11. The highest BCUT2D eigenvalue weighted by molar-refractivity contribution is 5.91. The highest BCUT2D eigenvalue weighted by Gasteiger charge is 2.17. The van der Waals surface area contributed by atoms with Crippen LogP contribution in [0.3, 0.4) is 0 Å². The summed E-state index contributed by atoms with van der Waals surface area (Å²) >= 11 is 0. The first kappa shape index (κ1) is 11.7. The van der Waals surface area contributed by atoms with Crippen LogP contribution in [0.4, 0.5) is 5.69 Å². The van der Waals surface area contributed by atoms with E-state index in [1.54, 1.807) is 12.1 Å². The first-order chi connectivity index (χ1) is 8.59. The lowest BCUT2D eigenvalue weighted by molar-refractivity contribution is -0.384. The smallest absolute Gasteiger partial charge is 0.335 e. The van der Waals surface area contributed by atoms with E-state index in [4.69, 9.17) is 5.11 Å². The maximum Gasteiger partial charge on any atom is 0.335 e. The number of hydrogen-bond acceptors (Lipinski definition) is 4. The number of benzene rings is 1. The fourth-order valence-corrected chi connectivity index (χ4v) is 1.58. The molecule has 0 radical (unpaired) electrons. The van der Waals surface area contributed by atoms with Crippen LogP contribution in [-0.2, 0) is 0 Å². The van der Waals surface area contributed by atoms with E-state index in [1.165, 1.54) is 30.6 Å². The molecule has 0 amide bonds. The van der Waals surface area contributed by atoms with Crippen molar-refractivity contribution in [1.29, 1.82) is 0 Å². The number of carbonyl (C=O) groups is 1. The van der Waals surface area contributed by atoms with E-state index in [-0.39, 0.29) is 16.8 Å². The van der Waals surface area contributed by atoms with Crippen molar-refractivity contribution in [1.82, 2.24) is 4.98 Å². The molecule has 6 nitrogen and oxygen atoms in total. The zero-order chi connectivity index (χ0) is 13.1. The Labute approximate surface area is 102 Å². The van der Waals surface area contributed by atoms with Crippen LogP contribution in [0.1, 0.15) is 10.4 Å². The maximum absolute atomic E-state index is 10.9. The van der Waals surface area contributed by atoms with Gasteiger partial charge in [-0.25, -0.2) is 4.79 Å². The third kappa shape index (κ3) is 2.17. The molecule has 0 fully saturated rings. The molecule has 2 aromatic rings. The standard InChI is InChI=1S/C12H8N2O4/c15-12(16)8-3-4-11(14(17)18)10(6-8)9-2-1-5-13-7-9/h1-7H,(H,15,16). The topological polar surface area (TPSA) is 93.3 Å². The predicted octanol–water partition coefficient (Wildman–Crippen LogP) is 2.35. The second-order valence-corrected chi connectivity index (χ2v) is 3.54. The van der Waals surface area contributed by atoms with Gasteiger partial charge in [0.05, 0.1) is 16.1 Å². The van der Waals surface area contributed by atoms with Crippen LogP contribution < -0.4 is 0 Å². The van der Waals surface area contributed by atoms with Crippen LogP contribution in [0.2, 0.25) is 0 Å². The Morgan fingerprint density at radius 1 is 1.33 bits per heavy atom. The summed E-state index contributed by atoms with van der Waals surface area (Å²) < 4.78 is 0. The van der Waals surface area contributed by atoms with Gasteiger partial charge < -0.3 is 5.11 Å². The highest BCUT2D eigenvalue weighted by atomic mass is 16.6. The van der Waals surface area contributed by atoms with E-state index in [2.05, 4.69) is 4.98 Å². The van der Waals surface area contributed by atoms with Crippen molar-refractivity contribution in [2.45, 2.75) is 0 Å². The van der Waals surface area contributed by atoms with E-state index >= 15 is 0 Å². The van der Waals surface area contributed by atoms with Crippen LogP contribution >= 0.6 is 0 Å². The average molecular weight is 244 g/mol. The molecule has 2 rings (SSSR count). The third-order valence-corrected chi connectivity index (χ3v) is 2.41. The molecule has 6 heteroatoms. The Morgan fingerprint density at radius 2 is 2.11 bits per heavy atom. The minimum atomic E-state index is -1.13. The molecule has 1 N–H and O–H groups in total. The SMILES string of the molecule is O=C(O)c1ccc([N+](=O)[O-])c(-c2cccnc2)c1. The molecule has 1 aromatic carbocycles. The molecular weight excluding hydrogens is 236 g/mol. The van der Waals surface area contributed by atoms with Gasteiger partial charge in [-0.15, -0.1) is 0 Å². The molecule has 0 saturated carbocycles. The number of nitro groups is 1. The van der Waals surface area contributed by atoms with Crippen molar-refractivity contribution in [3.8, 4) is 11.1 Å². The maximum atomic E-state index is 10.9. The summed E-state index contributed by atoms with van der Waals surface area (Å²) in [7, 11) is 0. The van der Waals surface area contributed by atoms with E-state index in [9.17, 15) is 14.9 Å². The lowest BCUT2D eigenvalue weighted by Gasteiger charge is -2.04. The Kier molecular flexibility index (Phi) is 3.01. The molecule has 1 heterocycles. The zero-order valence-electron chi connectivity index (χ0n) is 9.11. The number of pyridine rings is 1. The van der Waals surface area contributed by atoms with Crippen LogP contribution in [-0.4, -0.2) is 21.0 Å². The summed E-state index contributed by atoms with van der Waals surface area (Å²) in [4.78, 5) is 25.1. The molecule has 0 unspecified atom stereocenters. The number of nitro benzene ring substituents is 1. The Hall–Kier alpha value is -2.76. The number of hydrogen-bond donors (Lipinski definition) is 1. The van der Waals surface area contributed by atoms with E-state index in [0.29, 0.717) is 5.56 Å². The van der Waals surface area contributed by atoms with Gasteiger partial charge in [-0.1, -0.05) is 6.07 Å². The summed E-state index contributed by atoms with van der Waals surface area (Å²) in [5.74, 6) is -1.13. The number of aromatic nitrogens is 1. The second kappa shape index (κ2) is 4.62. The van der Waals surface area contributed by atoms with Crippen molar-refractivity contribution >= 4 is 11.7 Å². The minimum Gasteiger partial charge on any atom is -0.478 e. The van der Waals surface area contributed by atoms with Gasteiger partial charge in [-0.05, 0) is 18.2 Å². The molecule has 0 spiro atoms. The lowest BCUT2D eigenvalue weighted by atomic mass is 10.0. The number of nitrogens with zero attached hydrogens (tertiary/aromatic N) is 2. The van der Waals surface area contributed by atoms with Crippen LogP contribution in [0.5, 0.6) is 0 Å². The molecule has 0 aliphatic heterocycles. The average Bonchev–Trinajstić information content (AvgIpc) is 2.39. The molecule has 90 valence electrons. The fraction of sp³-hybridized carbons (Fsp3) is 0. The van der Waals surface area contributed by atoms with Gasteiger partial charge in [0.2, 0.25) is 0 Å². The molecular formula is C12H8N2O4. The Bertz CT molecular complexity index is 611. The van der Waals surface area contributed by atoms with Gasteiger partial charge >= 0.3 is 5.97 Å². The number of aromatic carboxylic acids is 1. The Morgan fingerprint density at radius 3 is 2.67 bits per heavy atom. The molecule has 1 aromatic heterocycles. The lowest BCUT2D eigenvalue weighted by Crippen LogP contribution is -1.99. The molecule has 0 aliphatic rings. The van der Waals surface area contributed by atoms with Crippen molar-refractivity contribution < 1.29 is 14.8 Å². The van der Waals surface area contributed by atoms with Gasteiger partial charge in [0, 0.05) is 24.0 Å². The van der Waals surface area contributed by atoms with Crippen LogP contribution in [0.15, 0.2) is 42.7 Å². The van der Waals surface area contributed by atoms with Gasteiger partial charge in [-0.2, -0.15) is 0 Å². The molecule has 18 heavy (non-hydrogen) atoms. The summed E-state index contributed by atoms with van der Waals surface area (Å²) in [5.41, 5.74) is 0.604. The van der Waals surface area contributed by atoms with Crippen molar-refractivity contribution in [2.24, 2.45) is 0 Å². The predicted molar refractivity (Wildman–Crippen MR) is 63.3 cm³/mol. The third-order valence-electron chi connectivity index (χ3n) is 2.41. The molecule has 0 bridgehead atoms. The highest BCUT2D eigenvalue weighted by Crippen LogP contribution is 2.30. The molecule has 0 aliphatic carbocycles. The number of rotatable bonds is 3. The fourth-order valence-electron chi connectivity index (χ4n) is 1.58. The second-order valence-electron chi connectivity index (χ2n) is 3.54. The number of carboxylic acids is 1. The van der Waals surface area contributed by atoms with Crippen molar-refractivity contribution in [3.05, 3.63) is 58.4 Å². The summed E-state index contributed by atoms with van der Waals surface area (Å²) in [6, 6.07) is 6.94. The molecule has 0 saturated heterocycles. The first-order valence-corrected chi connectivity index (χ1v) is 5.01. The Balaban J connectivity index is 2.65. The van der Waals surface area contributed by atoms with Crippen LogP contribution in [0, 0.1) is 10.1 Å². The van der Waals surface area contributed by atoms with Gasteiger partial charge in [-0.3, -0.25) is 15.1 Å². The minimum absolute atomic E-state index is 0.000506. The van der Waals surface area contributed by atoms with Gasteiger partial charge in [0.1, 0.15) is 0 Å². The molecule has 0 atom stereocenters. The van der Waals surface area contributed by atoms with Crippen LogP contribution in [0.25, 0.3) is 11.1 Å². The monoisotopic (exact) mass is 244 g/mol. The van der Waals surface area contributed by atoms with E-state index in [0.717, 1.165) is 0 Å². The van der Waals surface area contributed by atoms with Gasteiger partial charge in [0.25, 0.3) is 5.69 Å². The summed E-state index contributed by atoms with van der Waals surface area (Å²) in [5, 5.41) is 19.8. The first-order valence-electron chi connectivity index (χ1n) is 5.01. The summed E-state index contributed by atoms with van der Waals surface area (Å²) in [6.45, 7) is 0. The normalized spacial score (nSPS) is 10.0.